The first kappa shape index (κ1) is 17.9. The van der Waals surface area contributed by atoms with Gasteiger partial charge in [0.15, 0.2) is 5.82 Å². The Balaban J connectivity index is 2.01. The number of aromatic amines is 1. The summed E-state index contributed by atoms with van der Waals surface area (Å²) in [6.45, 7) is 6.60. The fourth-order valence-electron chi connectivity index (χ4n) is 3.40. The molecule has 3 heterocycles. The number of nitrogens with zero attached hydrogens (tertiary/aromatic N) is 4. The Bertz CT molecular complexity index is 898. The lowest BCUT2D eigenvalue weighted by Gasteiger charge is -2.06. The Hall–Kier alpha value is -2.88. The second-order valence-electron chi connectivity index (χ2n) is 6.46. The van der Waals surface area contributed by atoms with Crippen LogP contribution in [0.3, 0.4) is 0 Å². The van der Waals surface area contributed by atoms with Crippen molar-refractivity contribution in [2.24, 2.45) is 0 Å². The van der Waals surface area contributed by atoms with Crippen LogP contribution in [0.4, 0.5) is 0 Å². The molecule has 0 atom stereocenters. The van der Waals surface area contributed by atoms with Crippen molar-refractivity contribution >= 4 is 17.6 Å². The number of hydrogen-bond acceptors (Lipinski definition) is 5. The molecule has 0 radical (unpaired) electrons. The van der Waals surface area contributed by atoms with Crippen LogP contribution in [0.1, 0.15) is 65.1 Å². The lowest BCUT2D eigenvalue weighted by atomic mass is 10.1. The van der Waals surface area contributed by atoms with Crippen LogP contribution in [0.2, 0.25) is 0 Å². The summed E-state index contributed by atoms with van der Waals surface area (Å²) in [5.74, 6) is 1.17. The van der Waals surface area contributed by atoms with E-state index in [1.165, 1.54) is 0 Å². The minimum Gasteiger partial charge on any atom is -0.462 e. The van der Waals surface area contributed by atoms with Gasteiger partial charge in [-0.25, -0.2) is 4.79 Å². The molecule has 1 N–H and O–H groups in total. The topological polar surface area (TPSA) is 96.6 Å². The predicted octanol–water partition coefficient (Wildman–Crippen LogP) is 3.19. The van der Waals surface area contributed by atoms with E-state index in [9.17, 15) is 10.1 Å². The molecule has 0 aliphatic carbocycles. The van der Waals surface area contributed by atoms with Gasteiger partial charge in [-0.2, -0.15) is 5.26 Å². The van der Waals surface area contributed by atoms with E-state index in [4.69, 9.17) is 4.74 Å². The van der Waals surface area contributed by atoms with E-state index < -0.39 is 0 Å². The zero-order valence-electron chi connectivity index (χ0n) is 15.4. The minimum atomic E-state index is -0.353. The first-order valence-electron chi connectivity index (χ1n) is 8.97. The van der Waals surface area contributed by atoms with Crippen molar-refractivity contribution in [1.82, 2.24) is 19.7 Å². The standard InChI is InChI=1S/C19H23N5O2/c1-4-26-19(25)17-12(2)15(21-13(17)3)10-14(11-20)18-23-22-16-8-6-5-7-9-24(16)18/h10,21H,4-9H2,1-3H3. The van der Waals surface area contributed by atoms with Crippen molar-refractivity contribution in [1.29, 1.82) is 5.26 Å². The number of carbonyl (C=O) groups excluding carboxylic acids is 1. The third kappa shape index (κ3) is 3.27. The fourth-order valence-corrected chi connectivity index (χ4v) is 3.40. The molecule has 0 bridgehead atoms. The Labute approximate surface area is 152 Å². The molecule has 3 rings (SSSR count). The van der Waals surface area contributed by atoms with E-state index in [-0.39, 0.29) is 5.97 Å². The summed E-state index contributed by atoms with van der Waals surface area (Å²) in [4.78, 5) is 15.3. The first-order valence-corrected chi connectivity index (χ1v) is 8.97. The van der Waals surface area contributed by atoms with Gasteiger partial charge >= 0.3 is 5.97 Å². The number of nitrogens with one attached hydrogen (secondary N) is 1. The van der Waals surface area contributed by atoms with E-state index in [0.717, 1.165) is 49.3 Å². The van der Waals surface area contributed by atoms with Gasteiger partial charge in [-0.05, 0) is 45.3 Å². The van der Waals surface area contributed by atoms with Crippen LogP contribution in [0.5, 0.6) is 0 Å². The Kier molecular flexibility index (Phi) is 5.21. The number of aromatic nitrogens is 4. The summed E-state index contributed by atoms with van der Waals surface area (Å²) in [5, 5.41) is 18.2. The number of hydrogen-bond donors (Lipinski definition) is 1. The molecule has 7 heteroatoms. The van der Waals surface area contributed by atoms with Crippen molar-refractivity contribution in [3.05, 3.63) is 34.2 Å². The fraction of sp³-hybridized carbons (Fsp3) is 0.474. The van der Waals surface area contributed by atoms with Crippen LogP contribution >= 0.6 is 0 Å². The van der Waals surface area contributed by atoms with Crippen LogP contribution in [0.15, 0.2) is 0 Å². The molecule has 0 unspecified atom stereocenters. The highest BCUT2D eigenvalue weighted by Crippen LogP contribution is 2.25. The van der Waals surface area contributed by atoms with Gasteiger partial charge in [-0.1, -0.05) is 6.42 Å². The molecule has 1 aliphatic heterocycles. The second-order valence-corrected chi connectivity index (χ2v) is 6.46. The zero-order valence-corrected chi connectivity index (χ0v) is 15.4. The average molecular weight is 353 g/mol. The monoisotopic (exact) mass is 353 g/mol. The quantitative estimate of drug-likeness (QED) is 0.672. The van der Waals surface area contributed by atoms with Gasteiger partial charge in [-0.3, -0.25) is 0 Å². The van der Waals surface area contributed by atoms with Gasteiger partial charge in [-0.15, -0.1) is 10.2 Å². The number of aryl methyl sites for hydroxylation is 2. The number of allylic oxidation sites excluding steroid dienone is 1. The van der Waals surface area contributed by atoms with Crippen LogP contribution in [-0.4, -0.2) is 32.3 Å². The molecule has 7 nitrogen and oxygen atoms in total. The molecule has 0 saturated carbocycles. The summed E-state index contributed by atoms with van der Waals surface area (Å²) in [6.07, 6.45) is 5.95. The molecule has 0 aromatic carbocycles. The number of H-pyrrole nitrogens is 1. The molecule has 26 heavy (non-hydrogen) atoms. The molecule has 2 aromatic heterocycles. The Morgan fingerprint density at radius 2 is 2.15 bits per heavy atom. The van der Waals surface area contributed by atoms with Crippen molar-refractivity contribution in [3.8, 4) is 6.07 Å². The SMILES string of the molecule is CCOC(=O)c1c(C)[nH]c(C=C(C#N)c2nnc3n2CCCCC3)c1C. The predicted molar refractivity (Wildman–Crippen MR) is 97.3 cm³/mol. The molecule has 0 fully saturated rings. The van der Waals surface area contributed by atoms with Crippen LogP contribution < -0.4 is 0 Å². The van der Waals surface area contributed by atoms with Gasteiger partial charge in [0.25, 0.3) is 0 Å². The number of fused-ring (bicyclic) bond motifs is 1. The molecule has 0 spiro atoms. The lowest BCUT2D eigenvalue weighted by Crippen LogP contribution is -2.06. The highest BCUT2D eigenvalue weighted by atomic mass is 16.5. The second kappa shape index (κ2) is 7.56. The van der Waals surface area contributed by atoms with Crippen LogP contribution in [0, 0.1) is 25.2 Å². The number of nitriles is 1. The smallest absolute Gasteiger partial charge is 0.340 e. The van der Waals surface area contributed by atoms with Gasteiger partial charge in [0.05, 0.1) is 17.7 Å². The van der Waals surface area contributed by atoms with Crippen molar-refractivity contribution in [3.63, 3.8) is 0 Å². The molecular weight excluding hydrogens is 330 g/mol. The summed E-state index contributed by atoms with van der Waals surface area (Å²) < 4.78 is 7.16. The third-order valence-corrected chi connectivity index (χ3v) is 4.72. The van der Waals surface area contributed by atoms with Crippen molar-refractivity contribution < 1.29 is 9.53 Å². The molecular formula is C19H23N5O2. The van der Waals surface area contributed by atoms with Gasteiger partial charge < -0.3 is 14.3 Å². The largest absolute Gasteiger partial charge is 0.462 e. The van der Waals surface area contributed by atoms with Crippen molar-refractivity contribution in [2.45, 2.75) is 53.0 Å². The van der Waals surface area contributed by atoms with E-state index in [1.807, 2.05) is 18.4 Å². The van der Waals surface area contributed by atoms with E-state index >= 15 is 0 Å². The minimum absolute atomic E-state index is 0.323. The molecule has 0 amide bonds. The van der Waals surface area contributed by atoms with Crippen LogP contribution in [0.25, 0.3) is 11.6 Å². The van der Waals surface area contributed by atoms with Crippen LogP contribution in [-0.2, 0) is 17.7 Å². The van der Waals surface area contributed by atoms with Gasteiger partial charge in [0.1, 0.15) is 11.9 Å². The molecule has 1 aliphatic rings. The molecule has 2 aromatic rings. The number of rotatable bonds is 4. The maximum absolute atomic E-state index is 12.2. The number of ether oxygens (including phenoxy) is 1. The van der Waals surface area contributed by atoms with E-state index in [2.05, 4.69) is 21.3 Å². The van der Waals surface area contributed by atoms with Gasteiger partial charge in [0.2, 0.25) is 0 Å². The maximum Gasteiger partial charge on any atom is 0.340 e. The van der Waals surface area contributed by atoms with E-state index in [1.54, 1.807) is 13.0 Å². The maximum atomic E-state index is 12.2. The first-order chi connectivity index (χ1) is 12.6. The Morgan fingerprint density at radius 1 is 1.35 bits per heavy atom. The van der Waals surface area contributed by atoms with E-state index in [0.29, 0.717) is 29.3 Å². The summed E-state index contributed by atoms with van der Waals surface area (Å²) in [6, 6.07) is 2.24. The summed E-state index contributed by atoms with van der Waals surface area (Å²) in [5.41, 5.74) is 3.17. The van der Waals surface area contributed by atoms with Gasteiger partial charge in [0, 0.05) is 24.4 Å². The lowest BCUT2D eigenvalue weighted by molar-refractivity contribution is 0.0525. The average Bonchev–Trinajstić information content (AvgIpc) is 3.03. The third-order valence-electron chi connectivity index (χ3n) is 4.72. The summed E-state index contributed by atoms with van der Waals surface area (Å²) in [7, 11) is 0. The molecule has 136 valence electrons. The van der Waals surface area contributed by atoms with Crippen molar-refractivity contribution in [2.75, 3.05) is 6.61 Å². The number of carbonyl (C=O) groups is 1. The number of esters is 1. The highest BCUT2D eigenvalue weighted by Gasteiger charge is 2.21. The highest BCUT2D eigenvalue weighted by molar-refractivity contribution is 5.95. The summed E-state index contributed by atoms with van der Waals surface area (Å²) >= 11 is 0. The normalized spacial score (nSPS) is 14.5. The molecule has 0 saturated heterocycles. The zero-order chi connectivity index (χ0) is 18.7. The Morgan fingerprint density at radius 3 is 2.88 bits per heavy atom.